The minimum absolute atomic E-state index is 0.143. The summed E-state index contributed by atoms with van der Waals surface area (Å²) in [5.74, 6) is -0.857. The lowest BCUT2D eigenvalue weighted by Crippen LogP contribution is -2.45. The Morgan fingerprint density at radius 2 is 1.53 bits per heavy atom. The monoisotopic (exact) mass is 261 g/mol. The Morgan fingerprint density at radius 1 is 1.20 bits per heavy atom. The van der Waals surface area contributed by atoms with E-state index in [2.05, 4.69) is 0 Å². The van der Waals surface area contributed by atoms with Gasteiger partial charge in [-0.25, -0.2) is 0 Å². The fourth-order valence-electron chi connectivity index (χ4n) is 0.668. The van der Waals surface area contributed by atoms with Crippen molar-refractivity contribution in [2.24, 2.45) is 0 Å². The Hall–Kier alpha value is -0.230. The maximum absolute atomic E-state index is 10.9. The first kappa shape index (κ1) is 14.8. The Bertz CT molecular complexity index is 319. The summed E-state index contributed by atoms with van der Waals surface area (Å²) in [6.45, 7) is 2.00. The lowest BCUT2D eigenvalue weighted by atomic mass is 10.4. The van der Waals surface area contributed by atoms with Gasteiger partial charge in [0.1, 0.15) is 0 Å². The van der Waals surface area contributed by atoms with Gasteiger partial charge >= 0.3 is 15.2 Å². The van der Waals surface area contributed by atoms with Crippen molar-refractivity contribution in [1.29, 1.82) is 0 Å². The molecule has 0 aliphatic rings. The largest absolute Gasteiger partial charge is 0.363 e. The van der Waals surface area contributed by atoms with Crippen molar-refractivity contribution in [3.05, 3.63) is 0 Å². The van der Waals surface area contributed by atoms with Gasteiger partial charge in [0.25, 0.3) is 0 Å². The SMILES string of the molecule is CCC(=O)NC(C)(P(=O)(O)O)P(=O)(O)O. The Balaban J connectivity index is 5.35. The van der Waals surface area contributed by atoms with Gasteiger partial charge in [0.15, 0.2) is 0 Å². The van der Waals surface area contributed by atoms with Gasteiger partial charge in [-0.3, -0.25) is 13.9 Å². The Kier molecular flexibility index (Phi) is 4.26. The van der Waals surface area contributed by atoms with Crippen LogP contribution in [0.2, 0.25) is 0 Å². The van der Waals surface area contributed by atoms with Crippen LogP contribution >= 0.6 is 15.2 Å². The molecule has 0 aliphatic carbocycles. The van der Waals surface area contributed by atoms with Crippen LogP contribution in [0.5, 0.6) is 0 Å². The predicted octanol–water partition coefficient (Wildman–Crippen LogP) is -0.458. The molecule has 0 aromatic heterocycles. The maximum atomic E-state index is 10.9. The van der Waals surface area contributed by atoms with Crippen LogP contribution in [0.1, 0.15) is 20.3 Å². The molecule has 1 amide bonds. The summed E-state index contributed by atoms with van der Waals surface area (Å²) in [5.41, 5.74) is 0. The first-order valence-electron chi connectivity index (χ1n) is 3.88. The molecule has 0 rings (SSSR count). The van der Waals surface area contributed by atoms with Gasteiger partial charge < -0.3 is 24.9 Å². The summed E-state index contributed by atoms with van der Waals surface area (Å²) in [6, 6.07) is 0. The van der Waals surface area contributed by atoms with Crippen LogP contribution in [0, 0.1) is 0 Å². The maximum Gasteiger partial charge on any atom is 0.363 e. The van der Waals surface area contributed by atoms with E-state index in [4.69, 9.17) is 19.6 Å². The van der Waals surface area contributed by atoms with Crippen molar-refractivity contribution in [3.63, 3.8) is 0 Å². The minimum Gasteiger partial charge on any atom is -0.330 e. The van der Waals surface area contributed by atoms with Crippen molar-refractivity contribution in [1.82, 2.24) is 5.32 Å². The van der Waals surface area contributed by atoms with Crippen LogP contribution in [-0.2, 0) is 13.9 Å². The van der Waals surface area contributed by atoms with E-state index < -0.39 is 26.1 Å². The van der Waals surface area contributed by atoms with Crippen LogP contribution < -0.4 is 5.32 Å². The number of carbonyl (C=O) groups is 1. The molecule has 0 saturated carbocycles. The van der Waals surface area contributed by atoms with Gasteiger partial charge in [-0.1, -0.05) is 6.92 Å². The van der Waals surface area contributed by atoms with E-state index in [1.807, 2.05) is 0 Å². The van der Waals surface area contributed by atoms with Crippen LogP contribution in [0.25, 0.3) is 0 Å². The molecule has 0 heterocycles. The van der Waals surface area contributed by atoms with Gasteiger partial charge in [0.05, 0.1) is 0 Å². The zero-order valence-electron chi connectivity index (χ0n) is 8.12. The van der Waals surface area contributed by atoms with Crippen LogP contribution in [0.15, 0.2) is 0 Å². The molecule has 0 atom stereocenters. The molecule has 0 aliphatic heterocycles. The first-order valence-corrected chi connectivity index (χ1v) is 7.10. The zero-order valence-corrected chi connectivity index (χ0v) is 9.90. The number of carbonyl (C=O) groups excluding carboxylic acids is 1. The number of rotatable bonds is 4. The molecular formula is C5H13NO7P2. The molecule has 0 radical (unpaired) electrons. The zero-order chi connectivity index (χ0) is 12.5. The Labute approximate surface area is 86.0 Å². The third-order valence-corrected chi connectivity index (χ3v) is 5.89. The smallest absolute Gasteiger partial charge is 0.330 e. The summed E-state index contributed by atoms with van der Waals surface area (Å²) in [6.07, 6.45) is -0.143. The predicted molar refractivity (Wildman–Crippen MR) is 50.9 cm³/mol. The summed E-state index contributed by atoms with van der Waals surface area (Å²) in [4.78, 5) is 46.2. The molecule has 10 heteroatoms. The highest BCUT2D eigenvalue weighted by Crippen LogP contribution is 2.67. The van der Waals surface area contributed by atoms with Gasteiger partial charge in [0.2, 0.25) is 10.9 Å². The van der Waals surface area contributed by atoms with Crippen LogP contribution in [0.3, 0.4) is 0 Å². The summed E-state index contributed by atoms with van der Waals surface area (Å²) >= 11 is 0. The number of hydrogen-bond donors (Lipinski definition) is 5. The van der Waals surface area contributed by atoms with Crippen LogP contribution in [0.4, 0.5) is 0 Å². The van der Waals surface area contributed by atoms with Crippen LogP contribution in [-0.4, -0.2) is 30.5 Å². The first-order chi connectivity index (χ1) is 6.45. The van der Waals surface area contributed by atoms with Crippen molar-refractivity contribution in [2.75, 3.05) is 0 Å². The molecule has 90 valence electrons. The number of amides is 1. The third-order valence-electron chi connectivity index (χ3n) is 1.83. The van der Waals surface area contributed by atoms with Gasteiger partial charge in [-0.05, 0) is 6.92 Å². The Morgan fingerprint density at radius 3 is 1.73 bits per heavy atom. The molecule has 0 spiro atoms. The van der Waals surface area contributed by atoms with Crippen molar-refractivity contribution in [3.8, 4) is 0 Å². The second kappa shape index (κ2) is 4.33. The second-order valence-corrected chi connectivity index (χ2v) is 7.33. The normalized spacial score (nSPS) is 13.7. The highest BCUT2D eigenvalue weighted by Gasteiger charge is 2.57. The van der Waals surface area contributed by atoms with E-state index in [0.29, 0.717) is 6.92 Å². The molecule has 0 bridgehead atoms. The highest BCUT2D eigenvalue weighted by atomic mass is 31.2. The van der Waals surface area contributed by atoms with Crippen molar-refractivity contribution < 1.29 is 33.5 Å². The minimum atomic E-state index is -5.17. The quantitative estimate of drug-likeness (QED) is 0.430. The van der Waals surface area contributed by atoms with Gasteiger partial charge in [-0.15, -0.1) is 0 Å². The fraction of sp³-hybridized carbons (Fsp3) is 0.800. The standard InChI is InChI=1S/C5H13NO7P2/c1-3-4(7)6-5(2,14(8,9)10)15(11,12)13/h3H2,1-2H3,(H,6,7)(H2,8,9,10)(H2,11,12,13). The molecule has 8 nitrogen and oxygen atoms in total. The topological polar surface area (TPSA) is 144 Å². The van der Waals surface area contributed by atoms with E-state index in [1.165, 1.54) is 6.92 Å². The average Bonchev–Trinajstić information content (AvgIpc) is 1.99. The molecular weight excluding hydrogens is 248 g/mol. The number of nitrogens with one attached hydrogen (secondary N) is 1. The van der Waals surface area contributed by atoms with E-state index in [1.54, 1.807) is 5.32 Å². The molecule has 0 aromatic carbocycles. The molecule has 0 unspecified atom stereocenters. The number of hydrogen-bond acceptors (Lipinski definition) is 3. The molecule has 0 aromatic rings. The lowest BCUT2D eigenvalue weighted by Gasteiger charge is -2.31. The molecule has 5 N–H and O–H groups in total. The summed E-state index contributed by atoms with van der Waals surface area (Å²) in [5, 5.41) is -1.21. The average molecular weight is 261 g/mol. The summed E-state index contributed by atoms with van der Waals surface area (Å²) < 4.78 is 21.9. The lowest BCUT2D eigenvalue weighted by molar-refractivity contribution is -0.121. The van der Waals surface area contributed by atoms with E-state index in [0.717, 1.165) is 0 Å². The van der Waals surface area contributed by atoms with E-state index in [9.17, 15) is 13.9 Å². The molecule has 0 saturated heterocycles. The molecule has 15 heavy (non-hydrogen) atoms. The van der Waals surface area contributed by atoms with Crippen molar-refractivity contribution >= 4 is 21.1 Å². The van der Waals surface area contributed by atoms with E-state index >= 15 is 0 Å². The fourth-order valence-corrected chi connectivity index (χ4v) is 2.57. The van der Waals surface area contributed by atoms with Crippen molar-refractivity contribution in [2.45, 2.75) is 25.3 Å². The third kappa shape index (κ3) is 3.11. The van der Waals surface area contributed by atoms with Gasteiger partial charge in [-0.2, -0.15) is 0 Å². The highest BCUT2D eigenvalue weighted by molar-refractivity contribution is 7.72. The van der Waals surface area contributed by atoms with Gasteiger partial charge in [0, 0.05) is 6.42 Å². The second-order valence-electron chi connectivity index (χ2n) is 3.01. The molecule has 0 fully saturated rings. The van der Waals surface area contributed by atoms with E-state index in [-0.39, 0.29) is 6.42 Å². The summed E-state index contributed by atoms with van der Waals surface area (Å²) in [7, 11) is -10.3.